The molecule has 0 amide bonds. The van der Waals surface area contributed by atoms with Crippen LogP contribution in [-0.2, 0) is 6.42 Å². The first-order chi connectivity index (χ1) is 9.18. The minimum absolute atomic E-state index is 0.277. The first kappa shape index (κ1) is 12.7. The summed E-state index contributed by atoms with van der Waals surface area (Å²) in [5.74, 6) is 0. The second-order valence-electron chi connectivity index (χ2n) is 5.30. The van der Waals surface area contributed by atoms with E-state index in [2.05, 4.69) is 49.2 Å². The molecule has 2 heteroatoms. The van der Waals surface area contributed by atoms with Gasteiger partial charge in [0.1, 0.15) is 0 Å². The molecule has 0 bridgehead atoms. The average molecular weight is 272 g/mol. The van der Waals surface area contributed by atoms with E-state index >= 15 is 0 Å². The zero-order valence-electron chi connectivity index (χ0n) is 11.4. The topological polar surface area (TPSA) is 3.24 Å². The summed E-state index contributed by atoms with van der Waals surface area (Å²) in [6, 6.07) is 15.1. The number of rotatable bonds is 1. The van der Waals surface area contributed by atoms with E-state index in [0.717, 1.165) is 18.0 Å². The van der Waals surface area contributed by atoms with E-state index in [1.54, 1.807) is 0 Å². The molecule has 0 N–H and O–H groups in total. The molecule has 2 aromatic carbocycles. The third-order valence-corrected chi connectivity index (χ3v) is 4.41. The van der Waals surface area contributed by atoms with Crippen LogP contribution in [0.15, 0.2) is 42.5 Å². The molecule has 0 aromatic heterocycles. The highest BCUT2D eigenvalue weighted by atomic mass is 35.5. The lowest BCUT2D eigenvalue weighted by Gasteiger charge is -2.36. The Morgan fingerprint density at radius 3 is 2.68 bits per heavy atom. The van der Waals surface area contributed by atoms with E-state index < -0.39 is 0 Å². The second-order valence-corrected chi connectivity index (χ2v) is 5.71. The Balaban J connectivity index is 2.19. The predicted octanol–water partition coefficient (Wildman–Crippen LogP) is 4.23. The van der Waals surface area contributed by atoms with E-state index in [-0.39, 0.29) is 6.04 Å². The van der Waals surface area contributed by atoms with Crippen LogP contribution in [0.2, 0.25) is 5.02 Å². The molecule has 19 heavy (non-hydrogen) atoms. The van der Waals surface area contributed by atoms with Crippen LogP contribution in [0.1, 0.15) is 28.3 Å². The summed E-state index contributed by atoms with van der Waals surface area (Å²) in [4.78, 5) is 2.40. The number of benzene rings is 2. The fraction of sp³-hybridized carbons (Fsp3) is 0.294. The van der Waals surface area contributed by atoms with Gasteiger partial charge in [-0.05, 0) is 48.7 Å². The normalized spacial score (nSPS) is 19.2. The third-order valence-electron chi connectivity index (χ3n) is 4.06. The average Bonchev–Trinajstić information content (AvgIpc) is 2.41. The maximum atomic E-state index is 6.42. The van der Waals surface area contributed by atoms with Crippen LogP contribution in [0, 0.1) is 6.92 Å². The molecule has 1 atom stereocenters. The first-order valence-electron chi connectivity index (χ1n) is 6.71. The Bertz CT molecular complexity index is 606. The van der Waals surface area contributed by atoms with Gasteiger partial charge in [-0.15, -0.1) is 0 Å². The van der Waals surface area contributed by atoms with Gasteiger partial charge in [0.05, 0.1) is 6.04 Å². The van der Waals surface area contributed by atoms with Crippen molar-refractivity contribution in [1.29, 1.82) is 0 Å². The van der Waals surface area contributed by atoms with Crippen molar-refractivity contribution in [2.45, 2.75) is 19.4 Å². The SMILES string of the molecule is Cc1cccc2c1C(c1ccccc1Cl)N(C)CC2. The minimum Gasteiger partial charge on any atom is -0.295 e. The van der Waals surface area contributed by atoms with E-state index in [1.807, 2.05) is 12.1 Å². The van der Waals surface area contributed by atoms with Gasteiger partial charge in [-0.2, -0.15) is 0 Å². The van der Waals surface area contributed by atoms with Crippen molar-refractivity contribution in [3.63, 3.8) is 0 Å². The van der Waals surface area contributed by atoms with Crippen molar-refractivity contribution in [2.75, 3.05) is 13.6 Å². The zero-order chi connectivity index (χ0) is 13.4. The van der Waals surface area contributed by atoms with Gasteiger partial charge in [0.25, 0.3) is 0 Å². The number of fused-ring (bicyclic) bond motifs is 1. The summed E-state index contributed by atoms with van der Waals surface area (Å²) >= 11 is 6.42. The molecular formula is C17H18ClN. The van der Waals surface area contributed by atoms with Crippen LogP contribution in [0.3, 0.4) is 0 Å². The number of hydrogen-bond acceptors (Lipinski definition) is 1. The number of hydrogen-bond donors (Lipinski definition) is 0. The van der Waals surface area contributed by atoms with Gasteiger partial charge in [-0.1, -0.05) is 48.0 Å². The van der Waals surface area contributed by atoms with E-state index in [4.69, 9.17) is 11.6 Å². The van der Waals surface area contributed by atoms with Gasteiger partial charge in [0, 0.05) is 11.6 Å². The standard InChI is InChI=1S/C17H18ClN/c1-12-6-5-7-13-10-11-19(2)17(16(12)13)14-8-3-4-9-15(14)18/h3-9,17H,10-11H2,1-2H3. The van der Waals surface area contributed by atoms with Gasteiger partial charge >= 0.3 is 0 Å². The molecule has 98 valence electrons. The van der Waals surface area contributed by atoms with E-state index in [0.29, 0.717) is 0 Å². The number of aryl methyl sites for hydroxylation is 1. The quantitative estimate of drug-likeness (QED) is 0.750. The molecule has 2 aromatic rings. The monoisotopic (exact) mass is 271 g/mol. The zero-order valence-corrected chi connectivity index (χ0v) is 12.1. The van der Waals surface area contributed by atoms with Crippen molar-refractivity contribution >= 4 is 11.6 Å². The molecule has 0 fully saturated rings. The molecule has 3 rings (SSSR count). The van der Waals surface area contributed by atoms with E-state index in [1.165, 1.54) is 22.3 Å². The summed E-state index contributed by atoms with van der Waals surface area (Å²) < 4.78 is 0. The highest BCUT2D eigenvalue weighted by Crippen LogP contribution is 2.38. The second kappa shape index (κ2) is 4.99. The van der Waals surface area contributed by atoms with Gasteiger partial charge in [0.2, 0.25) is 0 Å². The molecule has 0 radical (unpaired) electrons. The molecule has 0 spiro atoms. The highest BCUT2D eigenvalue weighted by molar-refractivity contribution is 6.31. The van der Waals surface area contributed by atoms with Crippen molar-refractivity contribution in [3.05, 3.63) is 69.7 Å². The largest absolute Gasteiger partial charge is 0.295 e. The van der Waals surface area contributed by atoms with Crippen LogP contribution in [-0.4, -0.2) is 18.5 Å². The van der Waals surface area contributed by atoms with Crippen molar-refractivity contribution in [1.82, 2.24) is 4.90 Å². The summed E-state index contributed by atoms with van der Waals surface area (Å²) in [5, 5.41) is 0.857. The minimum atomic E-state index is 0.277. The molecule has 0 aliphatic carbocycles. The first-order valence-corrected chi connectivity index (χ1v) is 7.09. The Hall–Kier alpha value is -1.31. The highest BCUT2D eigenvalue weighted by Gasteiger charge is 2.28. The number of halogens is 1. The fourth-order valence-corrected chi connectivity index (χ4v) is 3.33. The van der Waals surface area contributed by atoms with Gasteiger partial charge in [0.15, 0.2) is 0 Å². The lowest BCUT2D eigenvalue weighted by molar-refractivity contribution is 0.264. The lowest BCUT2D eigenvalue weighted by atomic mass is 9.85. The summed E-state index contributed by atoms with van der Waals surface area (Å²) in [7, 11) is 2.18. The van der Waals surface area contributed by atoms with Gasteiger partial charge in [-0.3, -0.25) is 4.90 Å². The van der Waals surface area contributed by atoms with Crippen LogP contribution in [0.5, 0.6) is 0 Å². The Labute approximate surface area is 119 Å². The Morgan fingerprint density at radius 1 is 1.11 bits per heavy atom. The lowest BCUT2D eigenvalue weighted by Crippen LogP contribution is -2.33. The molecular weight excluding hydrogens is 254 g/mol. The van der Waals surface area contributed by atoms with Crippen LogP contribution in [0.4, 0.5) is 0 Å². The molecule has 1 unspecified atom stereocenters. The Morgan fingerprint density at radius 2 is 1.89 bits per heavy atom. The third kappa shape index (κ3) is 2.18. The molecule has 1 aliphatic heterocycles. The molecule has 0 saturated heterocycles. The number of nitrogens with zero attached hydrogens (tertiary/aromatic N) is 1. The van der Waals surface area contributed by atoms with Crippen molar-refractivity contribution in [2.24, 2.45) is 0 Å². The van der Waals surface area contributed by atoms with Crippen molar-refractivity contribution < 1.29 is 0 Å². The van der Waals surface area contributed by atoms with Crippen LogP contribution in [0.25, 0.3) is 0 Å². The fourth-order valence-electron chi connectivity index (χ4n) is 3.09. The molecule has 1 nitrogen and oxygen atoms in total. The predicted molar refractivity (Wildman–Crippen MR) is 80.8 cm³/mol. The van der Waals surface area contributed by atoms with Gasteiger partial charge in [-0.25, -0.2) is 0 Å². The van der Waals surface area contributed by atoms with Crippen molar-refractivity contribution in [3.8, 4) is 0 Å². The summed E-state index contributed by atoms with van der Waals surface area (Å²) in [5.41, 5.74) is 5.46. The smallest absolute Gasteiger partial charge is 0.0619 e. The van der Waals surface area contributed by atoms with Crippen LogP contribution < -0.4 is 0 Å². The molecule has 0 saturated carbocycles. The number of likely N-dealkylation sites (N-methyl/N-ethyl adjacent to an activating group) is 1. The van der Waals surface area contributed by atoms with Crippen LogP contribution >= 0.6 is 11.6 Å². The summed E-state index contributed by atoms with van der Waals surface area (Å²) in [6.45, 7) is 3.27. The maximum Gasteiger partial charge on any atom is 0.0619 e. The molecule has 1 aliphatic rings. The molecule has 1 heterocycles. The summed E-state index contributed by atoms with van der Waals surface area (Å²) in [6.07, 6.45) is 1.12. The maximum absolute atomic E-state index is 6.42. The van der Waals surface area contributed by atoms with Gasteiger partial charge < -0.3 is 0 Å². The van der Waals surface area contributed by atoms with E-state index in [9.17, 15) is 0 Å². The Kier molecular flexibility index (Phi) is 3.34.